The summed E-state index contributed by atoms with van der Waals surface area (Å²) in [6, 6.07) is 3.62. The van der Waals surface area contributed by atoms with Gasteiger partial charge in [-0.3, -0.25) is 9.00 Å². The number of rotatable bonds is 3. The van der Waals surface area contributed by atoms with Gasteiger partial charge in [-0.2, -0.15) is 0 Å². The molecule has 3 rings (SSSR count). The standard InChI is InChI=1S/C16H17F2NO2S/c17-12-3-4-14(15(18)8-12)11-6-13(7-11)19-16(20)10-2-1-5-22(21)9-10/h3-4,8-9,11,13H,1-2,5-7H2,(H,19,20). The second-order valence-electron chi connectivity index (χ2n) is 5.84. The fraction of sp³-hybridized carbons (Fsp3) is 0.438. The van der Waals surface area contributed by atoms with Gasteiger partial charge in [-0.15, -0.1) is 0 Å². The lowest BCUT2D eigenvalue weighted by Crippen LogP contribution is -2.44. The van der Waals surface area contributed by atoms with Crippen molar-refractivity contribution in [2.75, 3.05) is 5.75 Å². The van der Waals surface area contributed by atoms with Crippen LogP contribution in [0.2, 0.25) is 0 Å². The van der Waals surface area contributed by atoms with E-state index in [2.05, 4.69) is 5.32 Å². The molecule has 1 amide bonds. The van der Waals surface area contributed by atoms with E-state index < -0.39 is 22.4 Å². The Bertz CT molecular complexity index is 654. The van der Waals surface area contributed by atoms with Gasteiger partial charge in [0, 0.05) is 39.6 Å². The van der Waals surface area contributed by atoms with Crippen molar-refractivity contribution in [3.05, 3.63) is 46.4 Å². The van der Waals surface area contributed by atoms with Gasteiger partial charge in [0.25, 0.3) is 0 Å². The van der Waals surface area contributed by atoms with Gasteiger partial charge in [-0.1, -0.05) is 6.07 Å². The van der Waals surface area contributed by atoms with Crippen LogP contribution in [0.5, 0.6) is 0 Å². The summed E-state index contributed by atoms with van der Waals surface area (Å²) in [6.45, 7) is 0. The second kappa shape index (κ2) is 6.28. The largest absolute Gasteiger partial charge is 0.350 e. The van der Waals surface area contributed by atoms with Gasteiger partial charge >= 0.3 is 0 Å². The minimum absolute atomic E-state index is 0.00165. The first-order chi connectivity index (χ1) is 10.5. The molecule has 1 heterocycles. The van der Waals surface area contributed by atoms with Gasteiger partial charge in [0.2, 0.25) is 5.91 Å². The van der Waals surface area contributed by atoms with Crippen LogP contribution in [0, 0.1) is 11.6 Å². The molecule has 1 fully saturated rings. The van der Waals surface area contributed by atoms with Crippen molar-refractivity contribution in [3.8, 4) is 0 Å². The lowest BCUT2D eigenvalue weighted by Gasteiger charge is -2.36. The normalized spacial score (nSPS) is 27.7. The van der Waals surface area contributed by atoms with Crippen LogP contribution in [0.25, 0.3) is 0 Å². The number of hydrogen-bond donors (Lipinski definition) is 1. The van der Waals surface area contributed by atoms with E-state index in [1.165, 1.54) is 17.5 Å². The van der Waals surface area contributed by atoms with Crippen molar-refractivity contribution in [2.45, 2.75) is 37.6 Å². The first-order valence-electron chi connectivity index (χ1n) is 7.36. The van der Waals surface area contributed by atoms with Crippen molar-refractivity contribution < 1.29 is 17.8 Å². The monoisotopic (exact) mass is 325 g/mol. The van der Waals surface area contributed by atoms with E-state index in [4.69, 9.17) is 0 Å². The summed E-state index contributed by atoms with van der Waals surface area (Å²) >= 11 is 0. The predicted octanol–water partition coefficient (Wildman–Crippen LogP) is 2.75. The Hall–Kier alpha value is -1.56. The van der Waals surface area contributed by atoms with E-state index in [1.807, 2.05) is 0 Å². The second-order valence-corrected chi connectivity index (χ2v) is 7.24. The van der Waals surface area contributed by atoms with Crippen LogP contribution in [-0.4, -0.2) is 21.9 Å². The van der Waals surface area contributed by atoms with Crippen molar-refractivity contribution >= 4 is 16.7 Å². The van der Waals surface area contributed by atoms with Gasteiger partial charge in [-0.05, 0) is 43.2 Å². The summed E-state index contributed by atoms with van der Waals surface area (Å²) in [5, 5.41) is 4.44. The maximum absolute atomic E-state index is 13.7. The molecular weight excluding hydrogens is 308 g/mol. The van der Waals surface area contributed by atoms with E-state index in [0.717, 1.165) is 12.5 Å². The molecule has 1 aromatic carbocycles. The minimum Gasteiger partial charge on any atom is -0.350 e. The molecule has 1 aliphatic carbocycles. The minimum atomic E-state index is -1.04. The first-order valence-corrected chi connectivity index (χ1v) is 8.75. The number of halogens is 2. The molecule has 1 aliphatic heterocycles. The van der Waals surface area contributed by atoms with Crippen LogP contribution in [-0.2, 0) is 15.6 Å². The van der Waals surface area contributed by atoms with Crippen molar-refractivity contribution in [3.63, 3.8) is 0 Å². The van der Waals surface area contributed by atoms with Crippen LogP contribution in [0.15, 0.2) is 29.2 Å². The summed E-state index contributed by atoms with van der Waals surface area (Å²) in [5.41, 5.74) is 1.09. The number of carbonyl (C=O) groups is 1. The average molecular weight is 325 g/mol. The number of amides is 1. The highest BCUT2D eigenvalue weighted by Gasteiger charge is 2.33. The van der Waals surface area contributed by atoms with Crippen LogP contribution in [0.1, 0.15) is 37.2 Å². The number of nitrogens with one attached hydrogen (secondary N) is 1. The molecule has 2 aliphatic rings. The molecule has 3 nitrogen and oxygen atoms in total. The zero-order chi connectivity index (χ0) is 15.7. The third-order valence-electron chi connectivity index (χ3n) is 4.23. The van der Waals surface area contributed by atoms with Gasteiger partial charge in [0.1, 0.15) is 11.6 Å². The van der Waals surface area contributed by atoms with Crippen molar-refractivity contribution in [2.24, 2.45) is 0 Å². The molecule has 0 spiro atoms. The van der Waals surface area contributed by atoms with Crippen LogP contribution in [0.4, 0.5) is 8.78 Å². The SMILES string of the molecule is O=C(NC1CC(c2ccc(F)cc2F)C1)C1=CS(=O)CCC1. The molecule has 6 heteroatoms. The fourth-order valence-corrected chi connectivity index (χ4v) is 4.04. The highest BCUT2D eigenvalue weighted by Crippen LogP contribution is 2.38. The summed E-state index contributed by atoms with van der Waals surface area (Å²) in [6.07, 6.45) is 2.70. The van der Waals surface area contributed by atoms with Crippen LogP contribution < -0.4 is 5.32 Å². The first kappa shape index (κ1) is 15.3. The maximum atomic E-state index is 13.7. The van der Waals surface area contributed by atoms with Crippen LogP contribution >= 0.6 is 0 Å². The third kappa shape index (κ3) is 3.27. The van der Waals surface area contributed by atoms with E-state index in [1.54, 1.807) is 0 Å². The maximum Gasteiger partial charge on any atom is 0.248 e. The van der Waals surface area contributed by atoms with E-state index in [9.17, 15) is 17.8 Å². The van der Waals surface area contributed by atoms with Crippen molar-refractivity contribution in [1.29, 1.82) is 0 Å². The summed E-state index contributed by atoms with van der Waals surface area (Å²) in [7, 11) is -1.04. The Morgan fingerprint density at radius 2 is 2.05 bits per heavy atom. The molecule has 0 radical (unpaired) electrons. The van der Waals surface area contributed by atoms with Gasteiger partial charge in [0.15, 0.2) is 0 Å². The number of carbonyl (C=O) groups excluding carboxylic acids is 1. The molecule has 1 unspecified atom stereocenters. The molecule has 22 heavy (non-hydrogen) atoms. The highest BCUT2D eigenvalue weighted by atomic mass is 32.2. The lowest BCUT2D eigenvalue weighted by molar-refractivity contribution is -0.118. The fourth-order valence-electron chi connectivity index (χ4n) is 2.95. The number of hydrogen-bond acceptors (Lipinski definition) is 2. The summed E-state index contributed by atoms with van der Waals surface area (Å²) in [5.74, 6) is -0.647. The van der Waals surface area contributed by atoms with Gasteiger partial charge in [-0.25, -0.2) is 8.78 Å². The van der Waals surface area contributed by atoms with E-state index in [0.29, 0.717) is 36.2 Å². The molecule has 1 N–H and O–H groups in total. The highest BCUT2D eigenvalue weighted by molar-refractivity contribution is 7.88. The molecule has 0 bridgehead atoms. The van der Waals surface area contributed by atoms with Crippen molar-refractivity contribution in [1.82, 2.24) is 5.32 Å². The zero-order valence-electron chi connectivity index (χ0n) is 12.0. The molecule has 0 saturated heterocycles. The topological polar surface area (TPSA) is 46.2 Å². The van der Waals surface area contributed by atoms with Crippen LogP contribution in [0.3, 0.4) is 0 Å². The van der Waals surface area contributed by atoms with Gasteiger partial charge < -0.3 is 5.32 Å². The molecule has 0 aromatic heterocycles. The summed E-state index contributed by atoms with van der Waals surface area (Å²) in [4.78, 5) is 12.1. The quantitative estimate of drug-likeness (QED) is 0.929. The van der Waals surface area contributed by atoms with Gasteiger partial charge in [0.05, 0.1) is 0 Å². The average Bonchev–Trinajstić information content (AvgIpc) is 2.43. The Morgan fingerprint density at radius 3 is 2.73 bits per heavy atom. The molecule has 1 aromatic rings. The molecule has 118 valence electrons. The Morgan fingerprint density at radius 1 is 1.27 bits per heavy atom. The van der Waals surface area contributed by atoms with E-state index in [-0.39, 0.29) is 17.9 Å². The third-order valence-corrected chi connectivity index (χ3v) is 5.47. The Balaban J connectivity index is 1.55. The molecule has 1 saturated carbocycles. The Labute approximate surface area is 130 Å². The molecule has 1 atom stereocenters. The Kier molecular flexibility index (Phi) is 4.38. The molecular formula is C16H17F2NO2S. The number of benzene rings is 1. The zero-order valence-corrected chi connectivity index (χ0v) is 12.8. The lowest BCUT2D eigenvalue weighted by atomic mass is 9.75. The predicted molar refractivity (Wildman–Crippen MR) is 80.6 cm³/mol. The smallest absolute Gasteiger partial charge is 0.248 e. The van der Waals surface area contributed by atoms with E-state index >= 15 is 0 Å². The summed E-state index contributed by atoms with van der Waals surface area (Å²) < 4.78 is 38.0.